The molecule has 180 valence electrons. The van der Waals surface area contributed by atoms with Crippen LogP contribution in [0.4, 0.5) is 4.39 Å². The molecule has 1 heteroatoms. The van der Waals surface area contributed by atoms with Crippen molar-refractivity contribution in [3.63, 3.8) is 0 Å². The normalized spacial score (nSPS) is 33.1. The van der Waals surface area contributed by atoms with Crippen LogP contribution in [0.25, 0.3) is 0 Å². The minimum Gasteiger partial charge on any atom is -0.207 e. The molecule has 0 spiro atoms. The van der Waals surface area contributed by atoms with Crippen LogP contribution in [0.5, 0.6) is 0 Å². The van der Waals surface area contributed by atoms with Crippen molar-refractivity contribution >= 4 is 0 Å². The fraction of sp³-hybridized carbons (Fsp3) is 0.806. The van der Waals surface area contributed by atoms with Gasteiger partial charge in [0.1, 0.15) is 5.82 Å². The van der Waals surface area contributed by atoms with Crippen molar-refractivity contribution in [3.8, 4) is 0 Å². The van der Waals surface area contributed by atoms with Crippen LogP contribution in [0.2, 0.25) is 0 Å². The molecular weight excluding hydrogens is 391 g/mol. The summed E-state index contributed by atoms with van der Waals surface area (Å²) in [5.41, 5.74) is 2.20. The summed E-state index contributed by atoms with van der Waals surface area (Å²) in [4.78, 5) is 0. The standard InChI is InChI=1S/C31H49F/c1-3-5-7-26-16-17-30(22-31(26)32)29-19-18-27-20-25(14-15-28(27)21-29)13-12-24-10-8-23(6-4-2)9-11-24/h16-17,22-25,27-29H,3-15,18-21H2,1-2H3. The molecule has 1 aromatic rings. The van der Waals surface area contributed by atoms with Crippen molar-refractivity contribution in [2.45, 2.75) is 129 Å². The monoisotopic (exact) mass is 440 g/mol. The van der Waals surface area contributed by atoms with E-state index in [9.17, 15) is 4.39 Å². The molecule has 0 radical (unpaired) electrons. The summed E-state index contributed by atoms with van der Waals surface area (Å²) in [6, 6.07) is 6.22. The Kier molecular flexibility index (Phi) is 9.13. The summed E-state index contributed by atoms with van der Waals surface area (Å²) in [7, 11) is 0. The van der Waals surface area contributed by atoms with E-state index < -0.39 is 0 Å². The van der Waals surface area contributed by atoms with Crippen LogP contribution in [0.15, 0.2) is 18.2 Å². The van der Waals surface area contributed by atoms with Crippen LogP contribution in [0, 0.1) is 35.4 Å². The molecule has 0 aliphatic heterocycles. The first-order chi connectivity index (χ1) is 15.7. The molecule has 3 saturated carbocycles. The Morgan fingerprint density at radius 2 is 1.38 bits per heavy atom. The first-order valence-corrected chi connectivity index (χ1v) is 14.4. The summed E-state index contributed by atoms with van der Waals surface area (Å²) in [5.74, 6) is 5.58. The maximum atomic E-state index is 14.6. The van der Waals surface area contributed by atoms with Gasteiger partial charge in [0.05, 0.1) is 0 Å². The van der Waals surface area contributed by atoms with Crippen LogP contribution in [-0.2, 0) is 6.42 Å². The van der Waals surface area contributed by atoms with E-state index in [1.807, 2.05) is 6.07 Å². The highest BCUT2D eigenvalue weighted by molar-refractivity contribution is 5.27. The molecule has 32 heavy (non-hydrogen) atoms. The van der Waals surface area contributed by atoms with E-state index in [-0.39, 0.29) is 5.82 Å². The van der Waals surface area contributed by atoms with E-state index in [4.69, 9.17) is 0 Å². The zero-order valence-electron chi connectivity index (χ0n) is 21.1. The van der Waals surface area contributed by atoms with Crippen molar-refractivity contribution in [3.05, 3.63) is 35.1 Å². The van der Waals surface area contributed by atoms with E-state index in [1.165, 1.54) is 95.5 Å². The van der Waals surface area contributed by atoms with Crippen LogP contribution in [-0.4, -0.2) is 0 Å². The lowest BCUT2D eigenvalue weighted by atomic mass is 9.63. The number of halogens is 1. The highest BCUT2D eigenvalue weighted by atomic mass is 19.1. The van der Waals surface area contributed by atoms with Crippen molar-refractivity contribution in [1.29, 1.82) is 0 Å². The maximum absolute atomic E-state index is 14.6. The lowest BCUT2D eigenvalue weighted by molar-refractivity contribution is 0.108. The van der Waals surface area contributed by atoms with Gasteiger partial charge >= 0.3 is 0 Å². The second-order valence-corrected chi connectivity index (χ2v) is 11.9. The molecule has 4 rings (SSSR count). The van der Waals surface area contributed by atoms with Crippen molar-refractivity contribution in [1.82, 2.24) is 0 Å². The molecule has 3 aliphatic rings. The Morgan fingerprint density at radius 1 is 0.719 bits per heavy atom. The Balaban J connectivity index is 1.21. The molecule has 4 atom stereocenters. The predicted molar refractivity (Wildman–Crippen MR) is 136 cm³/mol. The fourth-order valence-electron chi connectivity index (χ4n) is 7.63. The zero-order chi connectivity index (χ0) is 22.3. The Morgan fingerprint density at radius 3 is 2.09 bits per heavy atom. The minimum atomic E-state index is 0.0468. The van der Waals surface area contributed by atoms with Crippen molar-refractivity contribution < 1.29 is 4.39 Å². The second-order valence-electron chi connectivity index (χ2n) is 11.9. The molecule has 0 amide bonds. The molecule has 0 bridgehead atoms. The van der Waals surface area contributed by atoms with E-state index >= 15 is 0 Å². The molecule has 3 aliphatic carbocycles. The zero-order valence-corrected chi connectivity index (χ0v) is 21.1. The first kappa shape index (κ1) is 24.3. The molecular formula is C31H49F. The van der Waals surface area contributed by atoms with E-state index in [0.717, 1.165) is 54.4 Å². The Hall–Kier alpha value is -0.850. The largest absolute Gasteiger partial charge is 0.207 e. The molecule has 0 N–H and O–H groups in total. The minimum absolute atomic E-state index is 0.0468. The number of benzene rings is 1. The highest BCUT2D eigenvalue weighted by Crippen LogP contribution is 2.49. The molecule has 0 saturated heterocycles. The van der Waals surface area contributed by atoms with Crippen molar-refractivity contribution in [2.24, 2.45) is 29.6 Å². The van der Waals surface area contributed by atoms with Gasteiger partial charge in [0.2, 0.25) is 0 Å². The van der Waals surface area contributed by atoms with Gasteiger partial charge in [-0.15, -0.1) is 0 Å². The van der Waals surface area contributed by atoms with Crippen LogP contribution >= 0.6 is 0 Å². The summed E-state index contributed by atoms with van der Waals surface area (Å²) in [6.07, 6.45) is 23.4. The maximum Gasteiger partial charge on any atom is 0.126 e. The SMILES string of the molecule is CCCCc1ccc(C2CCC3CC(CCC4CCC(CCC)CC4)CCC3C2)cc1F. The summed E-state index contributed by atoms with van der Waals surface area (Å²) in [5, 5.41) is 0. The number of fused-ring (bicyclic) bond motifs is 1. The van der Waals surface area contributed by atoms with Crippen LogP contribution in [0.1, 0.15) is 134 Å². The van der Waals surface area contributed by atoms with Gasteiger partial charge in [-0.2, -0.15) is 0 Å². The summed E-state index contributed by atoms with van der Waals surface area (Å²) in [6.45, 7) is 4.52. The molecule has 3 fully saturated rings. The average Bonchev–Trinajstić information content (AvgIpc) is 2.82. The molecule has 1 aromatic carbocycles. The first-order valence-electron chi connectivity index (χ1n) is 14.4. The van der Waals surface area contributed by atoms with Gasteiger partial charge in [-0.05, 0) is 97.6 Å². The van der Waals surface area contributed by atoms with Gasteiger partial charge in [-0.1, -0.05) is 90.2 Å². The van der Waals surface area contributed by atoms with E-state index in [2.05, 4.69) is 26.0 Å². The average molecular weight is 441 g/mol. The molecule has 0 heterocycles. The van der Waals surface area contributed by atoms with Crippen molar-refractivity contribution in [2.75, 3.05) is 0 Å². The summed E-state index contributed by atoms with van der Waals surface area (Å²) >= 11 is 0. The Labute approximate surface area is 198 Å². The van der Waals surface area contributed by atoms with E-state index in [1.54, 1.807) is 0 Å². The number of hydrogen-bond donors (Lipinski definition) is 0. The highest BCUT2D eigenvalue weighted by Gasteiger charge is 2.36. The number of unbranched alkanes of at least 4 members (excludes halogenated alkanes) is 1. The second kappa shape index (κ2) is 12.0. The van der Waals surface area contributed by atoms with Gasteiger partial charge in [-0.25, -0.2) is 4.39 Å². The third kappa shape index (κ3) is 6.38. The number of aryl methyl sites for hydroxylation is 1. The molecule has 0 aromatic heterocycles. The lowest BCUT2D eigenvalue weighted by Crippen LogP contribution is -2.30. The fourth-order valence-corrected chi connectivity index (χ4v) is 7.63. The van der Waals surface area contributed by atoms with Gasteiger partial charge < -0.3 is 0 Å². The van der Waals surface area contributed by atoms with Crippen LogP contribution < -0.4 is 0 Å². The lowest BCUT2D eigenvalue weighted by Gasteiger charge is -2.43. The third-order valence-corrected chi connectivity index (χ3v) is 9.72. The smallest absolute Gasteiger partial charge is 0.126 e. The molecule has 4 unspecified atom stereocenters. The third-order valence-electron chi connectivity index (χ3n) is 9.72. The summed E-state index contributed by atoms with van der Waals surface area (Å²) < 4.78 is 14.6. The van der Waals surface area contributed by atoms with Gasteiger partial charge in [0, 0.05) is 0 Å². The topological polar surface area (TPSA) is 0 Å². The van der Waals surface area contributed by atoms with E-state index in [0.29, 0.717) is 5.92 Å². The predicted octanol–water partition coefficient (Wildman–Crippen LogP) is 9.85. The van der Waals surface area contributed by atoms with Gasteiger partial charge in [0.15, 0.2) is 0 Å². The quantitative estimate of drug-likeness (QED) is 0.358. The number of rotatable bonds is 9. The van der Waals surface area contributed by atoms with Gasteiger partial charge in [-0.3, -0.25) is 0 Å². The number of hydrogen-bond acceptors (Lipinski definition) is 0. The van der Waals surface area contributed by atoms with Crippen LogP contribution in [0.3, 0.4) is 0 Å². The Bertz CT molecular complexity index is 686. The van der Waals surface area contributed by atoms with Gasteiger partial charge in [0.25, 0.3) is 0 Å². The molecule has 0 nitrogen and oxygen atoms in total.